The summed E-state index contributed by atoms with van der Waals surface area (Å²) >= 11 is 0. The van der Waals surface area contributed by atoms with Gasteiger partial charge in [0.2, 0.25) is 0 Å². The summed E-state index contributed by atoms with van der Waals surface area (Å²) in [7, 11) is 0. The van der Waals surface area contributed by atoms with Crippen LogP contribution in [0.15, 0.2) is 0 Å². The van der Waals surface area contributed by atoms with E-state index in [1.54, 1.807) is 0 Å². The number of hydrogen-bond acceptors (Lipinski definition) is 6. The maximum absolute atomic E-state index is 12.9. The van der Waals surface area contributed by atoms with Gasteiger partial charge in [0.25, 0.3) is 0 Å². The summed E-state index contributed by atoms with van der Waals surface area (Å²) < 4.78 is 17.0. The maximum atomic E-state index is 12.9. The van der Waals surface area contributed by atoms with Crippen LogP contribution in [-0.2, 0) is 28.6 Å². The van der Waals surface area contributed by atoms with E-state index in [2.05, 4.69) is 27.7 Å². The summed E-state index contributed by atoms with van der Waals surface area (Å²) in [6, 6.07) is 0. The fraction of sp³-hybridized carbons (Fsp3) is 0.955. The van der Waals surface area contributed by atoms with Crippen LogP contribution >= 0.6 is 0 Å². The molecule has 6 heteroatoms. The number of esters is 3. The molecule has 0 fully saturated rings. The molecule has 428 valence electrons. The van der Waals surface area contributed by atoms with Crippen molar-refractivity contribution in [2.75, 3.05) is 13.2 Å². The van der Waals surface area contributed by atoms with Crippen LogP contribution in [0, 0.1) is 5.92 Å². The molecule has 0 spiro atoms. The fourth-order valence-corrected chi connectivity index (χ4v) is 10.3. The summed E-state index contributed by atoms with van der Waals surface area (Å²) in [4.78, 5) is 38.3. The van der Waals surface area contributed by atoms with Crippen molar-refractivity contribution in [2.45, 2.75) is 387 Å². The molecule has 0 aromatic heterocycles. The Kier molecular flexibility index (Phi) is 58.9. The van der Waals surface area contributed by atoms with E-state index < -0.39 is 6.10 Å². The van der Waals surface area contributed by atoms with Gasteiger partial charge in [0.15, 0.2) is 6.10 Å². The lowest BCUT2D eigenvalue weighted by atomic mass is 9.99. The highest BCUT2D eigenvalue weighted by Gasteiger charge is 2.19. The SMILES string of the molecule is CCCCCCCCCCCCCCCCCCCCCC(=O)OC[C@H](COC(=O)CCCCCCCCCCCCCCCCCCCCC(C)CC)OC(=O)CCCCCCCCCCCCCCC. The second kappa shape index (κ2) is 60.3. The third-order valence-corrected chi connectivity index (χ3v) is 15.7. The molecule has 72 heavy (non-hydrogen) atoms. The predicted octanol–water partition coefficient (Wildman–Crippen LogP) is 22.1. The van der Waals surface area contributed by atoms with Gasteiger partial charge in [0.05, 0.1) is 0 Å². The molecule has 6 nitrogen and oxygen atoms in total. The lowest BCUT2D eigenvalue weighted by molar-refractivity contribution is -0.167. The Bertz CT molecular complexity index is 1090. The lowest BCUT2D eigenvalue weighted by Gasteiger charge is -2.18. The van der Waals surface area contributed by atoms with Gasteiger partial charge in [-0.1, -0.05) is 342 Å². The molecule has 2 atom stereocenters. The zero-order chi connectivity index (χ0) is 52.3. The molecule has 0 heterocycles. The molecule has 0 N–H and O–H groups in total. The first-order valence-corrected chi connectivity index (χ1v) is 32.9. The van der Waals surface area contributed by atoms with Crippen molar-refractivity contribution in [3.63, 3.8) is 0 Å². The molecule has 0 aliphatic rings. The molecule has 0 aromatic rings. The average molecular weight is 1020 g/mol. The van der Waals surface area contributed by atoms with Crippen LogP contribution in [-0.4, -0.2) is 37.2 Å². The second-order valence-corrected chi connectivity index (χ2v) is 23.0. The maximum Gasteiger partial charge on any atom is 0.306 e. The van der Waals surface area contributed by atoms with Gasteiger partial charge in [-0.15, -0.1) is 0 Å². The Hall–Kier alpha value is -1.59. The van der Waals surface area contributed by atoms with Crippen molar-refractivity contribution in [1.29, 1.82) is 0 Å². The second-order valence-electron chi connectivity index (χ2n) is 23.0. The summed E-state index contributed by atoms with van der Waals surface area (Å²) in [6.07, 6.45) is 68.2. The standard InChI is InChI=1S/C66H128O6/c1-5-8-10-12-14-16-18-20-21-22-23-27-30-34-37-41-45-49-53-57-64(67)70-60-63(72-66(69)59-55-51-47-43-39-32-19-17-15-13-11-9-6-2)61-71-65(68)58-54-50-46-42-38-35-31-28-25-24-26-29-33-36-40-44-48-52-56-62(4)7-3/h62-63H,5-61H2,1-4H3/t62?,63-/m1/s1. The zero-order valence-corrected chi connectivity index (χ0v) is 49.4. The van der Waals surface area contributed by atoms with Gasteiger partial charge in [0, 0.05) is 19.3 Å². The van der Waals surface area contributed by atoms with Crippen molar-refractivity contribution in [3.05, 3.63) is 0 Å². The predicted molar refractivity (Wildman–Crippen MR) is 312 cm³/mol. The molecule has 0 radical (unpaired) electrons. The van der Waals surface area contributed by atoms with Crippen LogP contribution in [0.4, 0.5) is 0 Å². The van der Waals surface area contributed by atoms with E-state index >= 15 is 0 Å². The minimum atomic E-state index is -0.763. The number of unbranched alkanes of at least 4 members (excludes halogenated alkanes) is 47. The van der Waals surface area contributed by atoms with Gasteiger partial charge >= 0.3 is 17.9 Å². The van der Waals surface area contributed by atoms with Crippen molar-refractivity contribution >= 4 is 17.9 Å². The van der Waals surface area contributed by atoms with Gasteiger partial charge in [-0.3, -0.25) is 14.4 Å². The van der Waals surface area contributed by atoms with Crippen molar-refractivity contribution in [2.24, 2.45) is 5.92 Å². The minimum Gasteiger partial charge on any atom is -0.462 e. The highest BCUT2D eigenvalue weighted by molar-refractivity contribution is 5.71. The summed E-state index contributed by atoms with van der Waals surface area (Å²) in [5.41, 5.74) is 0. The molecule has 0 bridgehead atoms. The zero-order valence-electron chi connectivity index (χ0n) is 49.4. The third-order valence-electron chi connectivity index (χ3n) is 15.7. The fourth-order valence-electron chi connectivity index (χ4n) is 10.3. The highest BCUT2D eigenvalue weighted by atomic mass is 16.6. The summed E-state index contributed by atoms with van der Waals surface area (Å²) in [6.45, 7) is 9.13. The van der Waals surface area contributed by atoms with E-state index in [0.29, 0.717) is 19.3 Å². The van der Waals surface area contributed by atoms with Crippen LogP contribution < -0.4 is 0 Å². The third kappa shape index (κ3) is 57.7. The van der Waals surface area contributed by atoms with Crippen LogP contribution in [0.1, 0.15) is 381 Å². The van der Waals surface area contributed by atoms with E-state index in [1.165, 1.54) is 276 Å². The molecule has 1 unspecified atom stereocenters. The minimum absolute atomic E-state index is 0.0610. The molecule has 0 rings (SSSR count). The molecular formula is C66H128O6. The van der Waals surface area contributed by atoms with Crippen LogP contribution in [0.2, 0.25) is 0 Å². The monoisotopic (exact) mass is 1020 g/mol. The van der Waals surface area contributed by atoms with Crippen LogP contribution in [0.25, 0.3) is 0 Å². The van der Waals surface area contributed by atoms with Gasteiger partial charge in [-0.2, -0.15) is 0 Å². The average Bonchev–Trinajstić information content (AvgIpc) is 3.38. The molecule has 0 saturated carbocycles. The Morgan fingerprint density at radius 1 is 0.278 bits per heavy atom. The molecular weight excluding hydrogens is 889 g/mol. The smallest absolute Gasteiger partial charge is 0.306 e. The molecule has 0 saturated heterocycles. The molecule has 0 aliphatic heterocycles. The quantitative estimate of drug-likeness (QED) is 0.0343. The van der Waals surface area contributed by atoms with Crippen molar-refractivity contribution in [3.8, 4) is 0 Å². The van der Waals surface area contributed by atoms with Gasteiger partial charge in [-0.05, 0) is 25.2 Å². The Labute approximate surface area is 450 Å². The van der Waals surface area contributed by atoms with Crippen molar-refractivity contribution < 1.29 is 28.6 Å². The Morgan fingerprint density at radius 2 is 0.486 bits per heavy atom. The largest absolute Gasteiger partial charge is 0.462 e. The molecule has 0 aromatic carbocycles. The van der Waals surface area contributed by atoms with Gasteiger partial charge < -0.3 is 14.2 Å². The topological polar surface area (TPSA) is 78.9 Å². The first-order chi connectivity index (χ1) is 35.4. The summed E-state index contributed by atoms with van der Waals surface area (Å²) in [5, 5.41) is 0. The number of hydrogen-bond donors (Lipinski definition) is 0. The van der Waals surface area contributed by atoms with Gasteiger partial charge in [0.1, 0.15) is 13.2 Å². The highest BCUT2D eigenvalue weighted by Crippen LogP contribution is 2.19. The Morgan fingerprint density at radius 3 is 0.722 bits per heavy atom. The first-order valence-electron chi connectivity index (χ1n) is 32.9. The van der Waals surface area contributed by atoms with E-state index in [1.807, 2.05) is 0 Å². The Balaban J connectivity index is 4.22. The van der Waals surface area contributed by atoms with E-state index in [9.17, 15) is 14.4 Å². The number of carbonyl (C=O) groups is 3. The molecule has 0 amide bonds. The lowest BCUT2D eigenvalue weighted by Crippen LogP contribution is -2.30. The van der Waals surface area contributed by atoms with Gasteiger partial charge in [-0.25, -0.2) is 0 Å². The first kappa shape index (κ1) is 70.4. The van der Waals surface area contributed by atoms with Crippen LogP contribution in [0.3, 0.4) is 0 Å². The number of carbonyl (C=O) groups excluding carboxylic acids is 3. The van der Waals surface area contributed by atoms with Crippen molar-refractivity contribution in [1.82, 2.24) is 0 Å². The normalized spacial score (nSPS) is 12.3. The number of rotatable bonds is 61. The van der Waals surface area contributed by atoms with Crippen LogP contribution in [0.5, 0.6) is 0 Å². The van der Waals surface area contributed by atoms with E-state index in [4.69, 9.17) is 14.2 Å². The van der Waals surface area contributed by atoms with E-state index in [-0.39, 0.29) is 31.1 Å². The number of ether oxygens (including phenoxy) is 3. The molecule has 0 aliphatic carbocycles. The van der Waals surface area contributed by atoms with E-state index in [0.717, 1.165) is 63.7 Å². The summed E-state index contributed by atoms with van der Waals surface area (Å²) in [5.74, 6) is 0.0838.